The molecule has 0 radical (unpaired) electrons. The smallest absolute Gasteiger partial charge is 0.0596 e. The van der Waals surface area contributed by atoms with Gasteiger partial charge in [-0.05, 0) is 46.1 Å². The predicted octanol–water partition coefficient (Wildman–Crippen LogP) is 3.24. The fourth-order valence-electron chi connectivity index (χ4n) is 2.44. The molecule has 1 aromatic heterocycles. The van der Waals surface area contributed by atoms with Crippen LogP contribution in [0.2, 0.25) is 5.02 Å². The minimum Gasteiger partial charge on any atom is -0.272 e. The van der Waals surface area contributed by atoms with Gasteiger partial charge in [-0.1, -0.05) is 24.6 Å². The normalized spacial score (nSPS) is 15.8. The van der Waals surface area contributed by atoms with Crippen molar-refractivity contribution in [1.82, 2.24) is 9.78 Å². The Morgan fingerprint density at radius 2 is 2.05 bits per heavy atom. The largest absolute Gasteiger partial charge is 0.272 e. The van der Waals surface area contributed by atoms with Crippen LogP contribution in [0.3, 0.4) is 0 Å². The van der Waals surface area contributed by atoms with Gasteiger partial charge in [-0.15, -0.1) is 0 Å². The van der Waals surface area contributed by atoms with Crippen molar-refractivity contribution in [3.05, 3.63) is 46.2 Å². The molecule has 2 rings (SSSR count). The summed E-state index contributed by atoms with van der Waals surface area (Å²) < 4.78 is 14.3. The van der Waals surface area contributed by atoms with Crippen LogP contribution in [-0.4, -0.2) is 26.1 Å². The maximum absolute atomic E-state index is 12.4. The lowest BCUT2D eigenvalue weighted by atomic mass is 9.97. The average Bonchev–Trinajstić information content (AvgIpc) is 2.66. The summed E-state index contributed by atoms with van der Waals surface area (Å²) in [7, 11) is -0.411. The molecule has 2 unspecified atom stereocenters. The molecule has 0 spiro atoms. The molecule has 3 nitrogen and oxygen atoms in total. The summed E-state index contributed by atoms with van der Waals surface area (Å²) in [4.78, 5) is 0.719. The first-order valence-corrected chi connectivity index (χ1v) is 8.83. The number of hydrogen-bond donors (Lipinski definition) is 0. The third-order valence-corrected chi connectivity index (χ3v) is 4.91. The van der Waals surface area contributed by atoms with E-state index in [1.165, 1.54) is 0 Å². The van der Waals surface area contributed by atoms with Crippen LogP contribution in [0.4, 0.5) is 0 Å². The molecule has 0 fully saturated rings. The van der Waals surface area contributed by atoms with Crippen molar-refractivity contribution in [3.8, 4) is 0 Å². The van der Waals surface area contributed by atoms with Gasteiger partial charge in [0.05, 0.1) is 5.69 Å². The molecule has 0 bridgehead atoms. The lowest BCUT2D eigenvalue weighted by Crippen LogP contribution is -2.09. The van der Waals surface area contributed by atoms with Crippen LogP contribution in [0.5, 0.6) is 0 Å². The highest BCUT2D eigenvalue weighted by atomic mass is 35.5. The van der Waals surface area contributed by atoms with Crippen LogP contribution < -0.4 is 0 Å². The average molecular weight is 311 g/mol. The summed E-state index contributed by atoms with van der Waals surface area (Å²) in [6, 6.07) is 7.56. The highest BCUT2D eigenvalue weighted by Crippen LogP contribution is 2.31. The molecule has 0 aliphatic rings. The molecule has 108 valence electrons. The third kappa shape index (κ3) is 2.91. The molecule has 1 aromatic carbocycles. The minimum absolute atomic E-state index is 0.0796. The molecule has 0 saturated carbocycles. The van der Waals surface area contributed by atoms with Gasteiger partial charge in [-0.2, -0.15) is 5.10 Å². The van der Waals surface area contributed by atoms with Crippen molar-refractivity contribution in [2.45, 2.75) is 24.7 Å². The van der Waals surface area contributed by atoms with Gasteiger partial charge in [-0.25, -0.2) is 0 Å². The number of aryl methyl sites for hydroxylation is 2. The summed E-state index contributed by atoms with van der Waals surface area (Å²) in [5.74, 6) is 3.87. The van der Waals surface area contributed by atoms with E-state index in [9.17, 15) is 4.21 Å². The molecule has 1 heterocycles. The number of rotatable bonds is 3. The summed E-state index contributed by atoms with van der Waals surface area (Å²) >= 11 is 6.04. The Morgan fingerprint density at radius 3 is 2.55 bits per heavy atom. The molecular formula is C15H19ClN2OS. The summed E-state index contributed by atoms with van der Waals surface area (Å²) in [6.07, 6.45) is 1.64. The molecule has 0 saturated heterocycles. The van der Waals surface area contributed by atoms with Crippen LogP contribution in [-0.2, 0) is 16.6 Å². The van der Waals surface area contributed by atoms with Crippen molar-refractivity contribution in [2.24, 2.45) is 7.05 Å². The number of nitrogens with zero attached hydrogens (tertiary/aromatic N) is 2. The van der Waals surface area contributed by atoms with Crippen molar-refractivity contribution in [2.75, 3.05) is 6.26 Å². The van der Waals surface area contributed by atoms with Crippen LogP contribution in [0.25, 0.3) is 0 Å². The van der Waals surface area contributed by atoms with Gasteiger partial charge >= 0.3 is 0 Å². The Morgan fingerprint density at radius 1 is 1.40 bits per heavy atom. The summed E-state index contributed by atoms with van der Waals surface area (Å²) in [5, 5.41) is 4.95. The Kier molecular flexibility index (Phi) is 3.98. The third-order valence-electron chi connectivity index (χ3n) is 3.39. The fourth-order valence-corrected chi connectivity index (χ4v) is 3.79. The number of benzene rings is 1. The lowest BCUT2D eigenvalue weighted by molar-refractivity contribution is 0.669. The molecule has 0 N–H and O–H groups in total. The highest BCUT2D eigenvalue weighted by molar-refractivity contribution is 7.99. The Hall–Kier alpha value is -1.26. The van der Waals surface area contributed by atoms with E-state index in [-0.39, 0.29) is 5.92 Å². The maximum Gasteiger partial charge on any atom is 0.0596 e. The quantitative estimate of drug-likeness (QED) is 0.816. The Labute approximate surface area is 125 Å². The van der Waals surface area contributed by atoms with Crippen LogP contribution in [0, 0.1) is 6.92 Å². The Bertz CT molecular complexity index is 747. The van der Waals surface area contributed by atoms with E-state index >= 15 is 0 Å². The lowest BCUT2D eigenvalue weighted by Gasteiger charge is -2.18. The first-order chi connectivity index (χ1) is 9.20. The molecule has 0 aliphatic carbocycles. The van der Waals surface area contributed by atoms with E-state index in [1.54, 1.807) is 12.3 Å². The monoisotopic (exact) mass is 310 g/mol. The van der Waals surface area contributed by atoms with Gasteiger partial charge in [0.2, 0.25) is 0 Å². The molecule has 0 aliphatic heterocycles. The van der Waals surface area contributed by atoms with E-state index in [2.05, 4.69) is 17.9 Å². The number of hydrogen-bond acceptors (Lipinski definition) is 2. The predicted molar refractivity (Wildman–Crippen MR) is 86.4 cm³/mol. The van der Waals surface area contributed by atoms with E-state index < -0.39 is 9.52 Å². The van der Waals surface area contributed by atoms with Gasteiger partial charge in [0.15, 0.2) is 0 Å². The number of aromatic nitrogens is 2. The van der Waals surface area contributed by atoms with E-state index in [1.807, 2.05) is 36.9 Å². The van der Waals surface area contributed by atoms with Gasteiger partial charge < -0.3 is 0 Å². The van der Waals surface area contributed by atoms with Crippen molar-refractivity contribution < 1.29 is 4.21 Å². The van der Waals surface area contributed by atoms with Gasteiger partial charge in [-0.3, -0.25) is 8.89 Å². The van der Waals surface area contributed by atoms with Crippen molar-refractivity contribution >= 4 is 27.0 Å². The molecule has 20 heavy (non-hydrogen) atoms. The molecule has 2 atom stereocenters. The zero-order valence-electron chi connectivity index (χ0n) is 12.2. The minimum atomic E-state index is -2.33. The first kappa shape index (κ1) is 15.1. The highest BCUT2D eigenvalue weighted by Gasteiger charge is 2.19. The van der Waals surface area contributed by atoms with E-state index in [4.69, 9.17) is 11.6 Å². The van der Waals surface area contributed by atoms with Gasteiger partial charge in [0.1, 0.15) is 0 Å². The number of halogens is 1. The van der Waals surface area contributed by atoms with Crippen LogP contribution in [0.1, 0.15) is 29.8 Å². The van der Waals surface area contributed by atoms with Gasteiger partial charge in [0, 0.05) is 34.8 Å². The molecule has 0 amide bonds. The second kappa shape index (κ2) is 5.26. The summed E-state index contributed by atoms with van der Waals surface area (Å²) in [5.41, 5.74) is 3.03. The summed E-state index contributed by atoms with van der Waals surface area (Å²) in [6.45, 7) is 4.04. The fraction of sp³-hybridized carbons (Fsp3) is 0.333. The second-order valence-corrected chi connectivity index (χ2v) is 8.13. The topological polar surface area (TPSA) is 34.9 Å². The zero-order chi connectivity index (χ0) is 15.1. The van der Waals surface area contributed by atoms with Crippen LogP contribution >= 0.6 is 11.6 Å². The second-order valence-electron chi connectivity index (χ2n) is 5.24. The molecule has 2 aromatic rings. The molecular weight excluding hydrogens is 292 g/mol. The standard InChI is InChI=1S/C15H19ClN2OS/c1-10-8-14(18(3)17-10)11(2)13-7-6-12(16)9-15(13)20(4,5)19/h6-9,11H,4H2,1-3,5H3. The van der Waals surface area contributed by atoms with E-state index in [0.717, 1.165) is 21.8 Å². The first-order valence-electron chi connectivity index (χ1n) is 6.32. The SMILES string of the molecule is C=S(C)(=O)c1cc(Cl)ccc1C(C)c1cc(C)nn1C. The van der Waals surface area contributed by atoms with Crippen molar-refractivity contribution in [1.29, 1.82) is 0 Å². The Balaban J connectivity index is 2.61. The van der Waals surface area contributed by atoms with Gasteiger partial charge in [0.25, 0.3) is 0 Å². The molecule has 5 heteroatoms. The maximum atomic E-state index is 12.4. The zero-order valence-corrected chi connectivity index (χ0v) is 13.8. The van der Waals surface area contributed by atoms with Crippen LogP contribution in [0.15, 0.2) is 29.2 Å². The van der Waals surface area contributed by atoms with Crippen molar-refractivity contribution in [3.63, 3.8) is 0 Å². The van der Waals surface area contributed by atoms with E-state index in [0.29, 0.717) is 5.02 Å².